The molecule has 0 bridgehead atoms. The van der Waals surface area contributed by atoms with Crippen molar-refractivity contribution < 1.29 is 23.9 Å². The van der Waals surface area contributed by atoms with Gasteiger partial charge in [0.2, 0.25) is 5.91 Å². The van der Waals surface area contributed by atoms with Gasteiger partial charge in [0.25, 0.3) is 5.91 Å². The Morgan fingerprint density at radius 1 is 0.730 bits per heavy atom. The Balaban J connectivity index is 1.35. The maximum atomic E-state index is 12.2. The first-order chi connectivity index (χ1) is 17.6. The molecule has 0 aromatic heterocycles. The highest BCUT2D eigenvalue weighted by molar-refractivity contribution is 9.10. The number of ether oxygens (including phenoxy) is 2. The van der Waals surface area contributed by atoms with Crippen LogP contribution in [-0.4, -0.2) is 24.4 Å². The van der Waals surface area contributed by atoms with Crippen LogP contribution in [0.2, 0.25) is 0 Å². The molecule has 8 heteroatoms. The number of halogens is 1. The van der Waals surface area contributed by atoms with Gasteiger partial charge in [-0.3, -0.25) is 14.4 Å². The van der Waals surface area contributed by atoms with Crippen LogP contribution in [0, 0.1) is 27.7 Å². The Bertz CT molecular complexity index is 1240. The monoisotopic (exact) mass is 566 g/mol. The minimum absolute atomic E-state index is 0.0416. The van der Waals surface area contributed by atoms with Gasteiger partial charge in [-0.05, 0) is 105 Å². The van der Waals surface area contributed by atoms with E-state index in [0.29, 0.717) is 23.5 Å². The van der Waals surface area contributed by atoms with Crippen molar-refractivity contribution in [3.05, 3.63) is 81.3 Å². The number of aryl methyl sites for hydroxylation is 4. The van der Waals surface area contributed by atoms with Crippen LogP contribution < -0.4 is 15.4 Å². The SMILES string of the molecule is Cc1cc(C)cc(Oc2ccc(NC(=O)CCCC(=O)OCC(=O)Nc3cc(C)c(Br)c(C)c3)cc2)c1. The van der Waals surface area contributed by atoms with Crippen LogP contribution >= 0.6 is 15.9 Å². The first kappa shape index (κ1) is 27.9. The van der Waals surface area contributed by atoms with Gasteiger partial charge in [-0.25, -0.2) is 0 Å². The second-order valence-corrected chi connectivity index (χ2v) is 9.78. The normalized spacial score (nSPS) is 10.5. The van der Waals surface area contributed by atoms with E-state index in [1.165, 1.54) is 0 Å². The van der Waals surface area contributed by atoms with E-state index >= 15 is 0 Å². The van der Waals surface area contributed by atoms with Crippen LogP contribution in [-0.2, 0) is 19.1 Å². The molecule has 0 atom stereocenters. The van der Waals surface area contributed by atoms with Gasteiger partial charge >= 0.3 is 5.97 Å². The lowest BCUT2D eigenvalue weighted by atomic mass is 10.1. The molecule has 0 aliphatic carbocycles. The number of amides is 2. The van der Waals surface area contributed by atoms with Gasteiger partial charge in [0.1, 0.15) is 11.5 Å². The lowest BCUT2D eigenvalue weighted by Gasteiger charge is -2.10. The average Bonchev–Trinajstić information content (AvgIpc) is 2.82. The number of rotatable bonds is 10. The topological polar surface area (TPSA) is 93.7 Å². The summed E-state index contributed by atoms with van der Waals surface area (Å²) in [5.41, 5.74) is 5.50. The molecule has 3 rings (SSSR count). The van der Waals surface area contributed by atoms with E-state index in [1.807, 2.05) is 52.0 Å². The molecule has 0 radical (unpaired) electrons. The Morgan fingerprint density at radius 2 is 1.32 bits per heavy atom. The highest BCUT2D eigenvalue weighted by atomic mass is 79.9. The molecule has 0 aliphatic rings. The number of hydrogen-bond acceptors (Lipinski definition) is 5. The Kier molecular flexibility index (Phi) is 9.85. The number of nitrogens with one attached hydrogen (secondary N) is 2. The predicted molar refractivity (Wildman–Crippen MR) is 148 cm³/mol. The fraction of sp³-hybridized carbons (Fsp3) is 0.276. The number of hydrogen-bond donors (Lipinski definition) is 2. The van der Waals surface area contributed by atoms with Gasteiger partial charge < -0.3 is 20.1 Å². The lowest BCUT2D eigenvalue weighted by molar-refractivity contribution is -0.147. The summed E-state index contributed by atoms with van der Waals surface area (Å²) >= 11 is 3.48. The van der Waals surface area contributed by atoms with Crippen molar-refractivity contribution in [2.45, 2.75) is 47.0 Å². The van der Waals surface area contributed by atoms with Crippen LogP contribution in [0.3, 0.4) is 0 Å². The second-order valence-electron chi connectivity index (χ2n) is 8.98. The molecule has 0 saturated carbocycles. The third-order valence-electron chi connectivity index (χ3n) is 5.44. The van der Waals surface area contributed by atoms with E-state index in [4.69, 9.17) is 9.47 Å². The first-order valence-electron chi connectivity index (χ1n) is 12.0. The zero-order valence-electron chi connectivity index (χ0n) is 21.4. The molecule has 3 aromatic carbocycles. The summed E-state index contributed by atoms with van der Waals surface area (Å²) in [5.74, 6) is 0.267. The summed E-state index contributed by atoms with van der Waals surface area (Å²) in [7, 11) is 0. The van der Waals surface area contributed by atoms with Crippen molar-refractivity contribution in [3.63, 3.8) is 0 Å². The fourth-order valence-electron chi connectivity index (χ4n) is 3.78. The summed E-state index contributed by atoms with van der Waals surface area (Å²) in [6.07, 6.45) is 0.505. The van der Waals surface area contributed by atoms with Crippen LogP contribution in [0.25, 0.3) is 0 Å². The lowest BCUT2D eigenvalue weighted by Crippen LogP contribution is -2.21. The molecule has 0 unspecified atom stereocenters. The van der Waals surface area contributed by atoms with E-state index < -0.39 is 11.9 Å². The van der Waals surface area contributed by atoms with Crippen molar-refractivity contribution in [1.82, 2.24) is 0 Å². The van der Waals surface area contributed by atoms with Crippen LogP contribution in [0.15, 0.2) is 59.1 Å². The zero-order valence-corrected chi connectivity index (χ0v) is 23.0. The maximum absolute atomic E-state index is 12.2. The molecule has 0 spiro atoms. The van der Waals surface area contributed by atoms with E-state index in [2.05, 4.69) is 32.6 Å². The number of anilines is 2. The van der Waals surface area contributed by atoms with Crippen molar-refractivity contribution in [1.29, 1.82) is 0 Å². The predicted octanol–water partition coefficient (Wildman–Crippen LogP) is 6.77. The fourth-order valence-corrected chi connectivity index (χ4v) is 4.01. The average molecular weight is 567 g/mol. The van der Waals surface area contributed by atoms with Gasteiger partial charge in [0.05, 0.1) is 0 Å². The molecular formula is C29H31BrN2O5. The van der Waals surface area contributed by atoms with Gasteiger partial charge in [-0.1, -0.05) is 22.0 Å². The van der Waals surface area contributed by atoms with E-state index in [-0.39, 0.29) is 25.4 Å². The molecule has 0 aliphatic heterocycles. The summed E-state index contributed by atoms with van der Waals surface area (Å²) < 4.78 is 11.9. The summed E-state index contributed by atoms with van der Waals surface area (Å²) in [6, 6.07) is 16.8. The van der Waals surface area contributed by atoms with Crippen molar-refractivity contribution in [3.8, 4) is 11.5 Å². The Hall–Kier alpha value is -3.65. The minimum atomic E-state index is -0.529. The molecule has 37 heavy (non-hydrogen) atoms. The van der Waals surface area contributed by atoms with Crippen molar-refractivity contribution in [2.24, 2.45) is 0 Å². The molecule has 7 nitrogen and oxygen atoms in total. The Labute approximate surface area is 225 Å². The summed E-state index contributed by atoms with van der Waals surface area (Å²) in [4.78, 5) is 36.3. The molecular weight excluding hydrogens is 536 g/mol. The molecule has 0 saturated heterocycles. The first-order valence-corrected chi connectivity index (χ1v) is 12.8. The molecule has 3 aromatic rings. The third kappa shape index (κ3) is 9.06. The van der Waals surface area contributed by atoms with Gasteiger partial charge in [0, 0.05) is 28.7 Å². The smallest absolute Gasteiger partial charge is 0.306 e. The summed E-state index contributed by atoms with van der Waals surface area (Å²) in [6.45, 7) is 7.51. The molecule has 2 N–H and O–H groups in total. The summed E-state index contributed by atoms with van der Waals surface area (Å²) in [5, 5.41) is 5.52. The van der Waals surface area contributed by atoms with Crippen LogP contribution in [0.5, 0.6) is 11.5 Å². The second kappa shape index (κ2) is 13.1. The van der Waals surface area contributed by atoms with Gasteiger partial charge in [0.15, 0.2) is 6.61 Å². The van der Waals surface area contributed by atoms with Crippen LogP contribution in [0.1, 0.15) is 41.5 Å². The highest BCUT2D eigenvalue weighted by Crippen LogP contribution is 2.26. The molecule has 194 valence electrons. The highest BCUT2D eigenvalue weighted by Gasteiger charge is 2.11. The maximum Gasteiger partial charge on any atom is 0.306 e. The zero-order chi connectivity index (χ0) is 26.9. The number of esters is 1. The molecule has 0 heterocycles. The van der Waals surface area contributed by atoms with Gasteiger partial charge in [-0.2, -0.15) is 0 Å². The molecule has 2 amide bonds. The van der Waals surface area contributed by atoms with E-state index in [1.54, 1.807) is 24.3 Å². The van der Waals surface area contributed by atoms with Gasteiger partial charge in [-0.15, -0.1) is 0 Å². The van der Waals surface area contributed by atoms with Crippen molar-refractivity contribution in [2.75, 3.05) is 17.2 Å². The number of carbonyl (C=O) groups is 3. The minimum Gasteiger partial charge on any atom is -0.457 e. The number of benzene rings is 3. The van der Waals surface area contributed by atoms with E-state index in [9.17, 15) is 14.4 Å². The third-order valence-corrected chi connectivity index (χ3v) is 6.69. The van der Waals surface area contributed by atoms with Crippen LogP contribution in [0.4, 0.5) is 11.4 Å². The molecule has 0 fully saturated rings. The van der Waals surface area contributed by atoms with E-state index in [0.717, 1.165) is 32.5 Å². The van der Waals surface area contributed by atoms with Crippen molar-refractivity contribution >= 4 is 45.1 Å². The quantitative estimate of drug-likeness (QED) is 0.264. The Morgan fingerprint density at radius 3 is 1.95 bits per heavy atom. The standard InChI is InChI=1S/C29H31BrN2O5/c1-18-12-19(2)14-25(13-18)37-24-10-8-22(9-11-24)31-26(33)6-5-7-28(35)36-17-27(34)32-23-15-20(3)29(30)21(4)16-23/h8-16H,5-7,17H2,1-4H3,(H,31,33)(H,32,34). The number of carbonyl (C=O) groups excluding carboxylic acids is 3. The largest absolute Gasteiger partial charge is 0.457 e.